The molecule has 0 bridgehead atoms. The molecule has 0 spiro atoms. The summed E-state index contributed by atoms with van der Waals surface area (Å²) in [7, 11) is 1.57. The van der Waals surface area contributed by atoms with Gasteiger partial charge in [0.25, 0.3) is 5.91 Å². The van der Waals surface area contributed by atoms with E-state index in [1.807, 2.05) is 31.2 Å². The van der Waals surface area contributed by atoms with Crippen LogP contribution in [0.2, 0.25) is 0 Å². The molecule has 138 valence electrons. The molecule has 0 unspecified atom stereocenters. The molecule has 2 heterocycles. The zero-order valence-electron chi connectivity index (χ0n) is 15.1. The van der Waals surface area contributed by atoms with Gasteiger partial charge in [-0.3, -0.25) is 9.59 Å². The highest BCUT2D eigenvalue weighted by molar-refractivity contribution is 5.97. The number of aliphatic carboxylic acids is 1. The fraction of sp³-hybridized carbons (Fsp3) is 0.421. The molecular formula is C19H22N2O5. The van der Waals surface area contributed by atoms with Crippen molar-refractivity contribution >= 4 is 11.9 Å². The molecule has 7 nitrogen and oxygen atoms in total. The largest absolute Gasteiger partial charge is 0.497 e. The summed E-state index contributed by atoms with van der Waals surface area (Å²) in [5.74, 6) is -0.973. The molecule has 0 saturated carbocycles. The molecule has 7 heteroatoms. The van der Waals surface area contributed by atoms with Crippen LogP contribution < -0.4 is 4.74 Å². The maximum absolute atomic E-state index is 13.0. The van der Waals surface area contributed by atoms with E-state index in [9.17, 15) is 14.7 Å². The van der Waals surface area contributed by atoms with Crippen LogP contribution in [0.15, 0.2) is 28.8 Å². The third-order valence-corrected chi connectivity index (χ3v) is 4.93. The minimum Gasteiger partial charge on any atom is -0.497 e. The monoisotopic (exact) mass is 358 g/mol. The van der Waals surface area contributed by atoms with Gasteiger partial charge in [-0.15, -0.1) is 0 Å². The molecule has 0 radical (unpaired) electrons. The van der Waals surface area contributed by atoms with E-state index in [2.05, 4.69) is 5.16 Å². The number of aromatic nitrogens is 1. The zero-order chi connectivity index (χ0) is 18.8. The number of methoxy groups -OCH3 is 1. The number of hydrogen-bond donors (Lipinski definition) is 1. The normalized spacial score (nSPS) is 19.6. The molecule has 1 aromatic heterocycles. The van der Waals surface area contributed by atoms with E-state index in [1.165, 1.54) is 0 Å². The standard InChI is InChI=1S/C19H22N2O5/c1-4-16-17(11(2)26-20-16)18(22)21-9-14(15(10-21)19(23)24)12-6-5-7-13(8-12)25-3/h5-8,14-15H,4,9-10H2,1-3H3,(H,23,24)/t14-,15+/m0/s1. The Hall–Kier alpha value is -2.83. The first-order valence-electron chi connectivity index (χ1n) is 8.57. The molecule has 1 saturated heterocycles. The van der Waals surface area contributed by atoms with Crippen molar-refractivity contribution in [3.05, 3.63) is 46.8 Å². The lowest BCUT2D eigenvalue weighted by Gasteiger charge is -2.17. The number of rotatable bonds is 5. The number of ether oxygens (including phenoxy) is 1. The van der Waals surface area contributed by atoms with E-state index in [0.717, 1.165) is 5.56 Å². The SMILES string of the molecule is CCc1noc(C)c1C(=O)N1C[C@@H](C(=O)O)[C@H](c2cccc(OC)c2)C1. The van der Waals surface area contributed by atoms with E-state index in [1.54, 1.807) is 18.9 Å². The van der Waals surface area contributed by atoms with Crippen LogP contribution in [0.1, 0.15) is 40.2 Å². The molecule has 1 N–H and O–H groups in total. The van der Waals surface area contributed by atoms with Gasteiger partial charge in [0.05, 0.1) is 18.7 Å². The van der Waals surface area contributed by atoms with Gasteiger partial charge in [0.2, 0.25) is 0 Å². The molecule has 1 aliphatic rings. The van der Waals surface area contributed by atoms with Crippen molar-refractivity contribution < 1.29 is 24.0 Å². The van der Waals surface area contributed by atoms with E-state index < -0.39 is 11.9 Å². The highest BCUT2D eigenvalue weighted by atomic mass is 16.5. The maximum Gasteiger partial charge on any atom is 0.308 e. The molecule has 2 atom stereocenters. The Labute approximate surface area is 151 Å². The maximum atomic E-state index is 13.0. The molecule has 26 heavy (non-hydrogen) atoms. The Bertz CT molecular complexity index is 829. The van der Waals surface area contributed by atoms with E-state index in [4.69, 9.17) is 9.26 Å². The van der Waals surface area contributed by atoms with Crippen LogP contribution in [0.4, 0.5) is 0 Å². The first kappa shape index (κ1) is 18.0. The fourth-order valence-corrected chi connectivity index (χ4v) is 3.52. The van der Waals surface area contributed by atoms with Crippen molar-refractivity contribution in [1.82, 2.24) is 10.1 Å². The third kappa shape index (κ3) is 3.16. The molecular weight excluding hydrogens is 336 g/mol. The third-order valence-electron chi connectivity index (χ3n) is 4.93. The van der Waals surface area contributed by atoms with Crippen LogP contribution in [0.3, 0.4) is 0 Å². The Morgan fingerprint density at radius 2 is 2.15 bits per heavy atom. The van der Waals surface area contributed by atoms with Crippen molar-refractivity contribution in [2.24, 2.45) is 5.92 Å². The van der Waals surface area contributed by atoms with Gasteiger partial charge in [-0.25, -0.2) is 0 Å². The van der Waals surface area contributed by atoms with E-state index >= 15 is 0 Å². The summed E-state index contributed by atoms with van der Waals surface area (Å²) in [6.45, 7) is 4.08. The predicted octanol–water partition coefficient (Wildman–Crippen LogP) is 2.49. The van der Waals surface area contributed by atoms with Crippen LogP contribution in [0, 0.1) is 12.8 Å². The second-order valence-electron chi connectivity index (χ2n) is 6.45. The molecule has 1 aromatic carbocycles. The number of carbonyl (C=O) groups excluding carboxylic acids is 1. The number of carboxylic acid groups (broad SMARTS) is 1. The number of hydrogen-bond acceptors (Lipinski definition) is 5. The lowest BCUT2D eigenvalue weighted by molar-refractivity contribution is -0.141. The van der Waals surface area contributed by atoms with Crippen molar-refractivity contribution in [2.45, 2.75) is 26.2 Å². The molecule has 2 aromatic rings. The average Bonchev–Trinajstić information content (AvgIpc) is 3.25. The zero-order valence-corrected chi connectivity index (χ0v) is 15.1. The first-order chi connectivity index (χ1) is 12.5. The average molecular weight is 358 g/mol. The summed E-state index contributed by atoms with van der Waals surface area (Å²) in [6, 6.07) is 7.35. The van der Waals surface area contributed by atoms with Gasteiger partial charge in [0.15, 0.2) is 0 Å². The molecule has 1 fully saturated rings. The van der Waals surface area contributed by atoms with Gasteiger partial charge < -0.3 is 19.3 Å². The Morgan fingerprint density at radius 1 is 1.38 bits per heavy atom. The summed E-state index contributed by atoms with van der Waals surface area (Å²) in [4.78, 5) is 26.4. The smallest absolute Gasteiger partial charge is 0.308 e. The molecule has 1 aliphatic heterocycles. The number of nitrogens with zero attached hydrogens (tertiary/aromatic N) is 2. The van der Waals surface area contributed by atoms with Gasteiger partial charge in [0, 0.05) is 19.0 Å². The summed E-state index contributed by atoms with van der Waals surface area (Å²) in [5, 5.41) is 13.6. The van der Waals surface area contributed by atoms with Crippen molar-refractivity contribution in [3.8, 4) is 5.75 Å². The predicted molar refractivity (Wildman–Crippen MR) is 93.4 cm³/mol. The summed E-state index contributed by atoms with van der Waals surface area (Å²) < 4.78 is 10.4. The van der Waals surface area contributed by atoms with Crippen LogP contribution >= 0.6 is 0 Å². The number of carboxylic acids is 1. The van der Waals surface area contributed by atoms with Crippen LogP contribution in [0.5, 0.6) is 5.75 Å². The van der Waals surface area contributed by atoms with E-state index in [0.29, 0.717) is 35.7 Å². The van der Waals surface area contributed by atoms with Crippen LogP contribution in [0.25, 0.3) is 0 Å². The summed E-state index contributed by atoms with van der Waals surface area (Å²) in [5.41, 5.74) is 1.90. The molecule has 0 aliphatic carbocycles. The second kappa shape index (κ2) is 7.19. The van der Waals surface area contributed by atoms with Gasteiger partial charge in [-0.1, -0.05) is 24.2 Å². The Kier molecular flexibility index (Phi) is 4.97. The van der Waals surface area contributed by atoms with Gasteiger partial charge >= 0.3 is 5.97 Å². The topological polar surface area (TPSA) is 92.9 Å². The first-order valence-corrected chi connectivity index (χ1v) is 8.57. The van der Waals surface area contributed by atoms with Gasteiger partial charge in [-0.05, 0) is 31.0 Å². The van der Waals surface area contributed by atoms with Crippen LogP contribution in [-0.4, -0.2) is 47.2 Å². The lowest BCUT2D eigenvalue weighted by atomic mass is 9.89. The number of likely N-dealkylation sites (tertiary alicyclic amines) is 1. The minimum absolute atomic E-state index is 0.157. The van der Waals surface area contributed by atoms with Crippen molar-refractivity contribution in [1.29, 1.82) is 0 Å². The van der Waals surface area contributed by atoms with E-state index in [-0.39, 0.29) is 18.4 Å². The quantitative estimate of drug-likeness (QED) is 0.883. The Morgan fingerprint density at radius 3 is 2.81 bits per heavy atom. The number of carbonyl (C=O) groups is 2. The van der Waals surface area contributed by atoms with Crippen LogP contribution in [-0.2, 0) is 11.2 Å². The Balaban J connectivity index is 1.90. The highest BCUT2D eigenvalue weighted by Crippen LogP contribution is 2.35. The minimum atomic E-state index is -0.911. The highest BCUT2D eigenvalue weighted by Gasteiger charge is 2.41. The lowest BCUT2D eigenvalue weighted by Crippen LogP contribution is -2.30. The number of benzene rings is 1. The van der Waals surface area contributed by atoms with Crippen molar-refractivity contribution in [2.75, 3.05) is 20.2 Å². The molecule has 3 rings (SSSR count). The van der Waals surface area contributed by atoms with Gasteiger partial charge in [0.1, 0.15) is 17.1 Å². The number of aryl methyl sites for hydroxylation is 2. The number of amides is 1. The fourth-order valence-electron chi connectivity index (χ4n) is 3.52. The second-order valence-corrected chi connectivity index (χ2v) is 6.45. The molecule has 1 amide bonds. The van der Waals surface area contributed by atoms with Gasteiger partial charge in [-0.2, -0.15) is 0 Å². The summed E-state index contributed by atoms with van der Waals surface area (Å²) >= 11 is 0. The summed E-state index contributed by atoms with van der Waals surface area (Å²) in [6.07, 6.45) is 0.577. The van der Waals surface area contributed by atoms with Crippen molar-refractivity contribution in [3.63, 3.8) is 0 Å².